The fourth-order valence-corrected chi connectivity index (χ4v) is 3.99. The van der Waals surface area contributed by atoms with Gasteiger partial charge in [0.15, 0.2) is 0 Å². The smallest absolute Gasteiger partial charge is 0.0458 e. The van der Waals surface area contributed by atoms with Crippen molar-refractivity contribution in [3.63, 3.8) is 0 Å². The highest BCUT2D eigenvalue weighted by molar-refractivity contribution is 9.10. The molecule has 14 heavy (non-hydrogen) atoms. The van der Waals surface area contributed by atoms with E-state index in [-0.39, 0.29) is 0 Å². The lowest BCUT2D eigenvalue weighted by Gasteiger charge is -2.38. The first kappa shape index (κ1) is 9.37. The van der Waals surface area contributed by atoms with Crippen molar-refractivity contribution in [3.8, 4) is 0 Å². The number of hydrogen-bond acceptors (Lipinski definition) is 2. The van der Waals surface area contributed by atoms with Gasteiger partial charge in [0.1, 0.15) is 0 Å². The molecule has 1 aliphatic heterocycles. The van der Waals surface area contributed by atoms with Crippen LogP contribution in [0.3, 0.4) is 0 Å². The molecule has 2 aliphatic rings. The van der Waals surface area contributed by atoms with Gasteiger partial charge in [-0.2, -0.15) is 0 Å². The van der Waals surface area contributed by atoms with Crippen LogP contribution in [-0.2, 0) is 0 Å². The summed E-state index contributed by atoms with van der Waals surface area (Å²) in [5, 5.41) is 3.56. The lowest BCUT2D eigenvalue weighted by atomic mass is 9.86. The molecule has 2 fully saturated rings. The minimum absolute atomic E-state index is 0.664. The second kappa shape index (κ2) is 3.32. The fourth-order valence-electron chi connectivity index (χ4n) is 2.28. The molecular formula is C11H14BrNS. The maximum absolute atomic E-state index is 3.59. The van der Waals surface area contributed by atoms with Gasteiger partial charge in [-0.1, -0.05) is 0 Å². The van der Waals surface area contributed by atoms with Crippen LogP contribution in [0.5, 0.6) is 0 Å². The standard InChI is InChI=1S/C11H14BrNS/c1-6-9(12)4-10(14-6)11-8(5-13-11)7-2-3-7/h4,7-8,11,13H,2-3,5H2,1H3. The topological polar surface area (TPSA) is 12.0 Å². The summed E-state index contributed by atoms with van der Waals surface area (Å²) in [6.45, 7) is 3.42. The Morgan fingerprint density at radius 2 is 2.29 bits per heavy atom. The number of thiophene rings is 1. The van der Waals surface area contributed by atoms with Crippen LogP contribution >= 0.6 is 27.3 Å². The van der Waals surface area contributed by atoms with E-state index >= 15 is 0 Å². The van der Waals surface area contributed by atoms with E-state index in [1.165, 1.54) is 33.6 Å². The predicted octanol–water partition coefficient (Wildman–Crippen LogP) is 3.49. The van der Waals surface area contributed by atoms with Gasteiger partial charge in [-0.05, 0) is 53.6 Å². The molecule has 0 amide bonds. The molecule has 1 aromatic heterocycles. The Bertz CT molecular complexity index is 337. The van der Waals surface area contributed by atoms with Crippen molar-refractivity contribution in [1.82, 2.24) is 5.32 Å². The minimum atomic E-state index is 0.664. The Labute approximate surface area is 97.0 Å². The molecule has 3 rings (SSSR count). The molecule has 1 N–H and O–H groups in total. The number of hydrogen-bond donors (Lipinski definition) is 1. The summed E-state index contributed by atoms with van der Waals surface area (Å²) in [5.74, 6) is 1.96. The van der Waals surface area contributed by atoms with Crippen molar-refractivity contribution in [3.05, 3.63) is 20.3 Å². The zero-order valence-corrected chi connectivity index (χ0v) is 10.6. The summed E-state index contributed by atoms with van der Waals surface area (Å²) in [5.41, 5.74) is 0. The van der Waals surface area contributed by atoms with Crippen molar-refractivity contribution < 1.29 is 0 Å². The van der Waals surface area contributed by atoms with Gasteiger partial charge in [-0.3, -0.25) is 0 Å². The highest BCUT2D eigenvalue weighted by Crippen LogP contribution is 2.48. The quantitative estimate of drug-likeness (QED) is 0.869. The maximum Gasteiger partial charge on any atom is 0.0458 e. The number of aryl methyl sites for hydroxylation is 1. The van der Waals surface area contributed by atoms with E-state index in [0.29, 0.717) is 6.04 Å². The van der Waals surface area contributed by atoms with E-state index in [9.17, 15) is 0 Å². The van der Waals surface area contributed by atoms with Gasteiger partial charge < -0.3 is 5.32 Å². The molecule has 0 radical (unpaired) electrons. The lowest BCUT2D eigenvalue weighted by Crippen LogP contribution is -2.46. The van der Waals surface area contributed by atoms with Gasteiger partial charge in [-0.15, -0.1) is 11.3 Å². The summed E-state index contributed by atoms with van der Waals surface area (Å²) < 4.78 is 1.28. The summed E-state index contributed by atoms with van der Waals surface area (Å²) >= 11 is 5.53. The predicted molar refractivity (Wildman–Crippen MR) is 63.7 cm³/mol. The lowest BCUT2D eigenvalue weighted by molar-refractivity contribution is 0.209. The van der Waals surface area contributed by atoms with Gasteiger partial charge in [0.25, 0.3) is 0 Å². The van der Waals surface area contributed by atoms with Crippen LogP contribution in [0.1, 0.15) is 28.6 Å². The maximum atomic E-state index is 3.59. The summed E-state index contributed by atoms with van der Waals surface area (Å²) in [7, 11) is 0. The molecule has 1 aromatic rings. The molecule has 0 aromatic carbocycles. The SMILES string of the molecule is Cc1sc(C2NCC2C2CC2)cc1Br. The van der Waals surface area contributed by atoms with E-state index in [2.05, 4.69) is 34.2 Å². The number of rotatable bonds is 2. The molecule has 1 nitrogen and oxygen atoms in total. The van der Waals surface area contributed by atoms with E-state index in [1.807, 2.05) is 11.3 Å². The summed E-state index contributed by atoms with van der Waals surface area (Å²) in [6, 6.07) is 2.96. The molecule has 3 heteroatoms. The van der Waals surface area contributed by atoms with Crippen LogP contribution in [0.25, 0.3) is 0 Å². The third-order valence-electron chi connectivity index (χ3n) is 3.41. The molecule has 0 bridgehead atoms. The Balaban J connectivity index is 1.81. The third-order valence-corrected chi connectivity index (χ3v) is 5.63. The molecule has 1 aliphatic carbocycles. The normalized spacial score (nSPS) is 31.6. The first-order valence-electron chi connectivity index (χ1n) is 5.25. The molecule has 0 spiro atoms. The molecule has 1 saturated heterocycles. The third kappa shape index (κ3) is 1.46. The van der Waals surface area contributed by atoms with Crippen LogP contribution in [0.15, 0.2) is 10.5 Å². The van der Waals surface area contributed by atoms with E-state index in [0.717, 1.165) is 11.8 Å². The number of nitrogens with one attached hydrogen (secondary N) is 1. The largest absolute Gasteiger partial charge is 0.309 e. The van der Waals surface area contributed by atoms with Gasteiger partial charge in [-0.25, -0.2) is 0 Å². The average Bonchev–Trinajstić information content (AvgIpc) is 2.81. The van der Waals surface area contributed by atoms with Crippen LogP contribution in [0.4, 0.5) is 0 Å². The Morgan fingerprint density at radius 3 is 2.71 bits per heavy atom. The Kier molecular flexibility index (Phi) is 2.22. The highest BCUT2D eigenvalue weighted by Gasteiger charge is 2.43. The summed E-state index contributed by atoms with van der Waals surface area (Å²) in [4.78, 5) is 2.93. The zero-order valence-electron chi connectivity index (χ0n) is 8.22. The highest BCUT2D eigenvalue weighted by atomic mass is 79.9. The Hall–Kier alpha value is 0.140. The van der Waals surface area contributed by atoms with Crippen molar-refractivity contribution in [1.29, 1.82) is 0 Å². The first-order chi connectivity index (χ1) is 6.75. The van der Waals surface area contributed by atoms with E-state index in [4.69, 9.17) is 0 Å². The van der Waals surface area contributed by atoms with E-state index in [1.54, 1.807) is 0 Å². The van der Waals surface area contributed by atoms with Crippen molar-refractivity contribution in [2.45, 2.75) is 25.8 Å². The van der Waals surface area contributed by atoms with Gasteiger partial charge in [0, 0.05) is 26.8 Å². The molecule has 1 saturated carbocycles. The van der Waals surface area contributed by atoms with Crippen molar-refractivity contribution in [2.24, 2.45) is 11.8 Å². The van der Waals surface area contributed by atoms with Crippen LogP contribution in [0, 0.1) is 18.8 Å². The van der Waals surface area contributed by atoms with Gasteiger partial charge in [0.2, 0.25) is 0 Å². The zero-order chi connectivity index (χ0) is 9.71. The van der Waals surface area contributed by atoms with Crippen LogP contribution < -0.4 is 5.32 Å². The average molecular weight is 272 g/mol. The van der Waals surface area contributed by atoms with Gasteiger partial charge in [0.05, 0.1) is 0 Å². The molecule has 2 unspecified atom stereocenters. The van der Waals surface area contributed by atoms with Crippen molar-refractivity contribution in [2.75, 3.05) is 6.54 Å². The number of halogens is 1. The molecular weight excluding hydrogens is 258 g/mol. The van der Waals surface area contributed by atoms with Crippen LogP contribution in [0.2, 0.25) is 0 Å². The first-order valence-corrected chi connectivity index (χ1v) is 6.86. The fraction of sp³-hybridized carbons (Fsp3) is 0.636. The van der Waals surface area contributed by atoms with Gasteiger partial charge >= 0.3 is 0 Å². The molecule has 76 valence electrons. The van der Waals surface area contributed by atoms with Crippen LogP contribution in [-0.4, -0.2) is 6.54 Å². The second-order valence-electron chi connectivity index (χ2n) is 4.44. The summed E-state index contributed by atoms with van der Waals surface area (Å²) in [6.07, 6.45) is 2.93. The molecule has 2 atom stereocenters. The monoisotopic (exact) mass is 271 g/mol. The second-order valence-corrected chi connectivity index (χ2v) is 6.58. The molecule has 2 heterocycles. The van der Waals surface area contributed by atoms with E-state index < -0.39 is 0 Å². The van der Waals surface area contributed by atoms with Crippen molar-refractivity contribution >= 4 is 27.3 Å². The minimum Gasteiger partial charge on any atom is -0.309 e. The Morgan fingerprint density at radius 1 is 1.50 bits per heavy atom.